The van der Waals surface area contributed by atoms with Crippen molar-refractivity contribution >= 4 is 19.8 Å². The topological polar surface area (TPSA) is 134 Å². The van der Waals surface area contributed by atoms with Crippen LogP contribution in [0.3, 0.4) is 0 Å². The van der Waals surface area contributed by atoms with E-state index in [-0.39, 0.29) is 32.6 Å². The minimum absolute atomic E-state index is 0.0368. The maximum Gasteiger partial charge on any atom is 0.472 e. The van der Waals surface area contributed by atoms with Gasteiger partial charge in [0.2, 0.25) is 0 Å². The zero-order valence-electron chi connectivity index (χ0n) is 36.7. The largest absolute Gasteiger partial charge is 0.472 e. The molecule has 9 nitrogen and oxygen atoms in total. The lowest BCUT2D eigenvalue weighted by Crippen LogP contribution is -2.29. The molecule has 0 rings (SSSR count). The van der Waals surface area contributed by atoms with Crippen molar-refractivity contribution in [1.29, 1.82) is 0 Å². The van der Waals surface area contributed by atoms with Crippen LogP contribution in [-0.4, -0.2) is 49.3 Å². The Morgan fingerprint density at radius 2 is 0.898 bits per heavy atom. The molecular weight excluding hydrogens is 762 g/mol. The fourth-order valence-electron chi connectivity index (χ4n) is 5.42. The molecule has 10 heteroatoms. The highest BCUT2D eigenvalue weighted by atomic mass is 31.2. The maximum atomic E-state index is 12.6. The monoisotopic (exact) mass is 842 g/mol. The number of carbonyl (C=O) groups is 2. The third-order valence-electron chi connectivity index (χ3n) is 8.65. The number of phosphoric ester groups is 1. The van der Waals surface area contributed by atoms with Gasteiger partial charge in [-0.25, -0.2) is 4.57 Å². The second-order valence-electron chi connectivity index (χ2n) is 14.1. The molecule has 0 aliphatic rings. The molecule has 0 spiro atoms. The van der Waals surface area contributed by atoms with Gasteiger partial charge >= 0.3 is 19.8 Å². The predicted molar refractivity (Wildman–Crippen MR) is 247 cm³/mol. The van der Waals surface area contributed by atoms with Crippen molar-refractivity contribution in [3.05, 3.63) is 109 Å². The average molecular weight is 842 g/mol. The molecule has 0 amide bonds. The van der Waals surface area contributed by atoms with E-state index in [2.05, 4.69) is 117 Å². The van der Waals surface area contributed by atoms with E-state index in [1.54, 1.807) is 0 Å². The van der Waals surface area contributed by atoms with Gasteiger partial charge in [0.25, 0.3) is 0 Å². The lowest BCUT2D eigenvalue weighted by atomic mass is 10.1. The Morgan fingerprint density at radius 1 is 0.508 bits per heavy atom. The molecule has 0 aliphatic heterocycles. The highest BCUT2D eigenvalue weighted by Crippen LogP contribution is 2.43. The van der Waals surface area contributed by atoms with Crippen molar-refractivity contribution in [2.75, 3.05) is 26.4 Å². The number of esters is 2. The van der Waals surface area contributed by atoms with Crippen LogP contribution in [0.15, 0.2) is 109 Å². The molecule has 0 aromatic rings. The lowest BCUT2D eigenvalue weighted by Gasteiger charge is -2.19. The van der Waals surface area contributed by atoms with Gasteiger partial charge in [-0.15, -0.1) is 0 Å². The normalized spacial score (nSPS) is 14.3. The molecule has 0 bridgehead atoms. The molecule has 59 heavy (non-hydrogen) atoms. The summed E-state index contributed by atoms with van der Waals surface area (Å²) in [6.07, 6.45) is 58.4. The van der Waals surface area contributed by atoms with Gasteiger partial charge in [0.05, 0.1) is 13.2 Å². The molecule has 0 aromatic heterocycles. The van der Waals surface area contributed by atoms with E-state index in [0.29, 0.717) is 19.3 Å². The van der Waals surface area contributed by atoms with Gasteiger partial charge in [-0.05, 0) is 89.9 Å². The van der Waals surface area contributed by atoms with E-state index in [4.69, 9.17) is 24.3 Å². The van der Waals surface area contributed by atoms with Crippen molar-refractivity contribution in [3.63, 3.8) is 0 Å². The molecule has 2 atom stereocenters. The second kappa shape index (κ2) is 44.2. The van der Waals surface area contributed by atoms with E-state index < -0.39 is 32.5 Å². The van der Waals surface area contributed by atoms with E-state index in [0.717, 1.165) is 83.5 Å². The van der Waals surface area contributed by atoms with Crippen LogP contribution in [-0.2, 0) is 32.7 Å². The minimum Gasteiger partial charge on any atom is -0.462 e. The smallest absolute Gasteiger partial charge is 0.462 e. The highest BCUT2D eigenvalue weighted by molar-refractivity contribution is 7.47. The molecular formula is C49H80NO8P. The SMILES string of the molecule is CC/C=C\C/C=C\C/C=C\C/C=C\C/C=C\CCCC(=O)OC(COC(=O)CCCCCCCCCC/C=C\C/C=C\C/C=C\C/C=C\CC)COP(=O)(O)OCCN. The number of nitrogens with two attached hydrogens (primary N) is 1. The van der Waals surface area contributed by atoms with E-state index in [1.165, 1.54) is 25.7 Å². The van der Waals surface area contributed by atoms with Gasteiger partial charge in [0.15, 0.2) is 6.10 Å². The Hall–Kier alpha value is -3.33. The van der Waals surface area contributed by atoms with Gasteiger partial charge in [0, 0.05) is 19.4 Å². The molecule has 0 aromatic carbocycles. The van der Waals surface area contributed by atoms with Crippen LogP contribution in [0.5, 0.6) is 0 Å². The number of rotatable bonds is 40. The summed E-state index contributed by atoms with van der Waals surface area (Å²) in [6.45, 7) is 3.40. The van der Waals surface area contributed by atoms with Crippen molar-refractivity contribution in [1.82, 2.24) is 0 Å². The van der Waals surface area contributed by atoms with Crippen molar-refractivity contribution in [2.45, 2.75) is 161 Å². The van der Waals surface area contributed by atoms with Crippen LogP contribution in [0, 0.1) is 0 Å². The van der Waals surface area contributed by atoms with Crippen LogP contribution in [0.25, 0.3) is 0 Å². The zero-order chi connectivity index (χ0) is 43.2. The first kappa shape index (κ1) is 55.7. The highest BCUT2D eigenvalue weighted by Gasteiger charge is 2.25. The molecule has 0 saturated heterocycles. The summed E-state index contributed by atoms with van der Waals surface area (Å²) >= 11 is 0. The number of hydrogen-bond donors (Lipinski definition) is 2. The molecule has 0 radical (unpaired) electrons. The van der Waals surface area contributed by atoms with E-state index in [9.17, 15) is 19.0 Å². The average Bonchev–Trinajstić information content (AvgIpc) is 3.22. The molecule has 334 valence electrons. The lowest BCUT2D eigenvalue weighted by molar-refractivity contribution is -0.161. The Balaban J connectivity index is 4.24. The van der Waals surface area contributed by atoms with Gasteiger partial charge in [0.1, 0.15) is 6.61 Å². The Morgan fingerprint density at radius 3 is 1.36 bits per heavy atom. The fraction of sp³-hybridized carbons (Fsp3) is 0.592. The summed E-state index contributed by atoms with van der Waals surface area (Å²) in [7, 11) is -4.40. The minimum atomic E-state index is -4.40. The number of unbranched alkanes of at least 4 members (excludes halogenated alkanes) is 9. The Kier molecular flexibility index (Phi) is 41.7. The van der Waals surface area contributed by atoms with Crippen molar-refractivity contribution in [2.24, 2.45) is 5.73 Å². The van der Waals surface area contributed by atoms with Crippen molar-refractivity contribution in [3.8, 4) is 0 Å². The summed E-state index contributed by atoms with van der Waals surface area (Å²) in [5, 5.41) is 0. The first-order valence-corrected chi connectivity index (χ1v) is 23.9. The quantitative estimate of drug-likeness (QED) is 0.0267. The summed E-state index contributed by atoms with van der Waals surface area (Å²) in [4.78, 5) is 34.9. The van der Waals surface area contributed by atoms with Gasteiger partial charge in [-0.3, -0.25) is 18.6 Å². The molecule has 0 saturated carbocycles. The summed E-state index contributed by atoms with van der Waals surface area (Å²) in [6, 6.07) is 0. The third-order valence-corrected chi connectivity index (χ3v) is 9.64. The van der Waals surface area contributed by atoms with Gasteiger partial charge < -0.3 is 20.1 Å². The number of phosphoric acid groups is 1. The van der Waals surface area contributed by atoms with Crippen LogP contribution in [0.1, 0.15) is 155 Å². The Bertz CT molecular complexity index is 1330. The predicted octanol–water partition coefficient (Wildman–Crippen LogP) is 13.2. The van der Waals surface area contributed by atoms with Crippen LogP contribution < -0.4 is 5.73 Å². The van der Waals surface area contributed by atoms with Gasteiger partial charge in [-0.1, -0.05) is 162 Å². The molecule has 3 N–H and O–H groups in total. The number of ether oxygens (including phenoxy) is 2. The van der Waals surface area contributed by atoms with E-state index >= 15 is 0 Å². The summed E-state index contributed by atoms with van der Waals surface area (Å²) in [5.74, 6) is -0.917. The third kappa shape index (κ3) is 44.1. The van der Waals surface area contributed by atoms with Crippen molar-refractivity contribution < 1.29 is 37.6 Å². The number of allylic oxidation sites excluding steroid dienone is 18. The standard InChI is InChI=1S/C49H80NO8P/c1-3-5-7-9-11-13-15-17-19-21-22-23-24-26-27-29-31-33-35-37-39-41-48(51)55-45-47(46-57-59(53,54)56-44-43-50)58-49(52)42-40-38-36-34-32-30-28-25-20-18-16-14-12-10-8-6-4-2/h5-8,11-14,17-20,22-23,28,30,34,36,47H,3-4,9-10,15-16,21,24-27,29,31-33,35,37-46,50H2,1-2H3,(H,53,54)/b7-5-,8-6-,13-11-,14-12-,19-17-,20-18-,23-22-,30-28-,36-34-. The molecule has 2 unspecified atom stereocenters. The molecule has 0 heterocycles. The first-order chi connectivity index (χ1) is 28.8. The number of hydrogen-bond acceptors (Lipinski definition) is 8. The van der Waals surface area contributed by atoms with E-state index in [1.807, 2.05) is 6.08 Å². The second-order valence-corrected chi connectivity index (χ2v) is 15.6. The maximum absolute atomic E-state index is 12.6. The van der Waals surface area contributed by atoms with Crippen LogP contribution in [0.2, 0.25) is 0 Å². The molecule has 0 fully saturated rings. The van der Waals surface area contributed by atoms with Gasteiger partial charge in [-0.2, -0.15) is 0 Å². The fourth-order valence-corrected chi connectivity index (χ4v) is 6.19. The number of carbonyl (C=O) groups excluding carboxylic acids is 2. The zero-order valence-corrected chi connectivity index (χ0v) is 37.6. The summed E-state index contributed by atoms with van der Waals surface area (Å²) < 4.78 is 32.7. The molecule has 0 aliphatic carbocycles. The van der Waals surface area contributed by atoms with Crippen LogP contribution in [0.4, 0.5) is 0 Å². The first-order valence-electron chi connectivity index (χ1n) is 22.4. The van der Waals surface area contributed by atoms with Crippen LogP contribution >= 0.6 is 7.82 Å². The summed E-state index contributed by atoms with van der Waals surface area (Å²) in [5.41, 5.74) is 5.35. The Labute approximate surface area is 359 Å².